The molecule has 1 amide bonds. The van der Waals surface area contributed by atoms with Gasteiger partial charge in [0, 0.05) is 40.4 Å². The smallest absolute Gasteiger partial charge is 0.272 e. The van der Waals surface area contributed by atoms with Gasteiger partial charge in [-0.25, -0.2) is 0 Å². The molecule has 0 saturated heterocycles. The van der Waals surface area contributed by atoms with Crippen LogP contribution in [0, 0.1) is 0 Å². The van der Waals surface area contributed by atoms with E-state index in [0.717, 1.165) is 33.0 Å². The van der Waals surface area contributed by atoms with Crippen molar-refractivity contribution >= 4 is 29.3 Å². The van der Waals surface area contributed by atoms with E-state index in [4.69, 9.17) is 16.3 Å². The summed E-state index contributed by atoms with van der Waals surface area (Å²) in [5.41, 5.74) is 4.41. The fourth-order valence-electron chi connectivity index (χ4n) is 3.20. The van der Waals surface area contributed by atoms with E-state index in [2.05, 4.69) is 10.4 Å². The Morgan fingerprint density at radius 1 is 1.30 bits per heavy atom. The van der Waals surface area contributed by atoms with Crippen molar-refractivity contribution in [3.63, 3.8) is 0 Å². The molecule has 0 aliphatic carbocycles. The summed E-state index contributed by atoms with van der Waals surface area (Å²) in [7, 11) is 3.49. The van der Waals surface area contributed by atoms with Gasteiger partial charge in [-0.05, 0) is 35.9 Å². The number of nitrogens with zero attached hydrogens (tertiary/aromatic N) is 2. The highest BCUT2D eigenvalue weighted by Gasteiger charge is 2.27. The molecule has 2 heterocycles. The first kappa shape index (κ1) is 17.9. The van der Waals surface area contributed by atoms with Crippen molar-refractivity contribution in [2.45, 2.75) is 17.2 Å². The Morgan fingerprint density at radius 3 is 2.81 bits per heavy atom. The number of hydrogen-bond acceptors (Lipinski definition) is 4. The number of carbonyl (C=O) groups excluding carboxylic acids is 1. The van der Waals surface area contributed by atoms with Gasteiger partial charge in [-0.15, -0.1) is 11.8 Å². The molecule has 7 heteroatoms. The van der Waals surface area contributed by atoms with Gasteiger partial charge < -0.3 is 10.1 Å². The number of thioether (sulfide) groups is 1. The van der Waals surface area contributed by atoms with Gasteiger partial charge in [-0.3, -0.25) is 9.48 Å². The lowest BCUT2D eigenvalue weighted by molar-refractivity contribution is 0.0944. The Balaban J connectivity index is 1.58. The van der Waals surface area contributed by atoms with E-state index in [1.807, 2.05) is 49.5 Å². The van der Waals surface area contributed by atoms with Crippen LogP contribution in [0.25, 0.3) is 11.3 Å². The van der Waals surface area contributed by atoms with Crippen LogP contribution in [0.15, 0.2) is 47.4 Å². The van der Waals surface area contributed by atoms with E-state index in [9.17, 15) is 4.79 Å². The largest absolute Gasteiger partial charge is 0.497 e. The fourth-order valence-corrected chi connectivity index (χ4v) is 4.42. The second-order valence-corrected chi connectivity index (χ2v) is 7.71. The predicted molar refractivity (Wildman–Crippen MR) is 107 cm³/mol. The second-order valence-electron chi connectivity index (χ2n) is 6.26. The first-order chi connectivity index (χ1) is 13.1. The Labute approximate surface area is 166 Å². The maximum Gasteiger partial charge on any atom is 0.272 e. The lowest BCUT2D eigenvalue weighted by Crippen LogP contribution is -2.24. The van der Waals surface area contributed by atoms with Crippen molar-refractivity contribution < 1.29 is 9.53 Å². The minimum Gasteiger partial charge on any atom is -0.497 e. The van der Waals surface area contributed by atoms with Crippen molar-refractivity contribution in [2.24, 2.45) is 7.05 Å². The molecule has 0 bridgehead atoms. The Morgan fingerprint density at radius 2 is 2.07 bits per heavy atom. The van der Waals surface area contributed by atoms with E-state index < -0.39 is 0 Å². The molecule has 5 nitrogen and oxygen atoms in total. The number of nitrogens with one attached hydrogen (secondary N) is 1. The van der Waals surface area contributed by atoms with Gasteiger partial charge in [-0.1, -0.05) is 23.7 Å². The standard InChI is InChI=1S/C20H18ClN3O2S/c1-24-19-15-9-13(21)5-8-17(15)27-11-16(19)18(23-24)20(25)22-10-12-3-6-14(26-2)7-4-12/h3-9H,10-11H2,1-2H3,(H,22,25). The number of hydrogen-bond donors (Lipinski definition) is 1. The summed E-state index contributed by atoms with van der Waals surface area (Å²) in [6.45, 7) is 0.434. The van der Waals surface area contributed by atoms with E-state index in [1.165, 1.54) is 0 Å². The zero-order valence-corrected chi connectivity index (χ0v) is 16.5. The van der Waals surface area contributed by atoms with Gasteiger partial charge in [0.15, 0.2) is 5.69 Å². The quantitative estimate of drug-likeness (QED) is 0.711. The minimum atomic E-state index is -0.172. The number of methoxy groups -OCH3 is 1. The van der Waals surface area contributed by atoms with Crippen molar-refractivity contribution in [3.05, 3.63) is 64.3 Å². The molecule has 0 fully saturated rings. The van der Waals surface area contributed by atoms with E-state index >= 15 is 0 Å². The summed E-state index contributed by atoms with van der Waals surface area (Å²) in [4.78, 5) is 13.9. The SMILES string of the molecule is COc1ccc(CNC(=O)c2nn(C)c3c2CSc2ccc(Cl)cc2-3)cc1. The van der Waals surface area contributed by atoms with Gasteiger partial charge in [0.2, 0.25) is 0 Å². The number of halogens is 1. The molecule has 4 rings (SSSR count). The Hall–Kier alpha value is -2.44. The number of aryl methyl sites for hydroxylation is 1. The number of aromatic nitrogens is 2. The van der Waals surface area contributed by atoms with Gasteiger partial charge >= 0.3 is 0 Å². The molecule has 1 aliphatic rings. The maximum absolute atomic E-state index is 12.8. The Bertz CT molecular complexity index is 1010. The predicted octanol–water partition coefficient (Wildman–Crippen LogP) is 4.28. The molecule has 3 aromatic rings. The zero-order chi connectivity index (χ0) is 19.0. The number of amides is 1. The summed E-state index contributed by atoms with van der Waals surface area (Å²) in [6, 6.07) is 13.5. The molecule has 1 aliphatic heterocycles. The molecular weight excluding hydrogens is 382 g/mol. The normalized spacial score (nSPS) is 12.3. The average molecular weight is 400 g/mol. The highest BCUT2D eigenvalue weighted by Crippen LogP contribution is 2.43. The van der Waals surface area contributed by atoms with Crippen LogP contribution in [-0.4, -0.2) is 22.8 Å². The fraction of sp³-hybridized carbons (Fsp3) is 0.200. The molecule has 2 aromatic carbocycles. The topological polar surface area (TPSA) is 56.1 Å². The monoisotopic (exact) mass is 399 g/mol. The highest BCUT2D eigenvalue weighted by molar-refractivity contribution is 7.98. The van der Waals surface area contributed by atoms with E-state index in [-0.39, 0.29) is 5.91 Å². The Kier molecular flexibility index (Phi) is 4.85. The average Bonchev–Trinajstić information content (AvgIpc) is 3.03. The van der Waals surface area contributed by atoms with Crippen molar-refractivity contribution in [1.29, 1.82) is 0 Å². The molecule has 0 radical (unpaired) electrons. The van der Waals surface area contributed by atoms with Crippen LogP contribution in [0.4, 0.5) is 0 Å². The molecule has 27 heavy (non-hydrogen) atoms. The van der Waals surface area contributed by atoms with Crippen LogP contribution in [0.2, 0.25) is 5.02 Å². The summed E-state index contributed by atoms with van der Waals surface area (Å²) in [5.74, 6) is 1.33. The van der Waals surface area contributed by atoms with Crippen LogP contribution in [0.3, 0.4) is 0 Å². The number of ether oxygens (including phenoxy) is 1. The molecule has 0 spiro atoms. The maximum atomic E-state index is 12.8. The van der Waals surface area contributed by atoms with Gasteiger partial charge in [0.25, 0.3) is 5.91 Å². The lowest BCUT2D eigenvalue weighted by Gasteiger charge is -2.17. The lowest BCUT2D eigenvalue weighted by atomic mass is 10.1. The van der Waals surface area contributed by atoms with Gasteiger partial charge in [0.1, 0.15) is 5.75 Å². The second kappa shape index (κ2) is 7.29. The van der Waals surface area contributed by atoms with Gasteiger partial charge in [-0.2, -0.15) is 5.10 Å². The number of benzene rings is 2. The van der Waals surface area contributed by atoms with Crippen LogP contribution < -0.4 is 10.1 Å². The molecule has 138 valence electrons. The van der Waals surface area contributed by atoms with Crippen LogP contribution in [0.5, 0.6) is 5.75 Å². The van der Waals surface area contributed by atoms with Crippen molar-refractivity contribution in [2.75, 3.05) is 7.11 Å². The summed E-state index contributed by atoms with van der Waals surface area (Å²) >= 11 is 7.87. The third-order valence-electron chi connectivity index (χ3n) is 4.54. The first-order valence-corrected chi connectivity index (χ1v) is 9.83. The molecule has 1 N–H and O–H groups in total. The third-order valence-corrected chi connectivity index (χ3v) is 5.88. The van der Waals surface area contributed by atoms with Crippen LogP contribution in [-0.2, 0) is 19.3 Å². The van der Waals surface area contributed by atoms with Crippen LogP contribution in [0.1, 0.15) is 21.6 Å². The van der Waals surface area contributed by atoms with E-state index in [0.29, 0.717) is 23.0 Å². The van der Waals surface area contributed by atoms with Crippen LogP contribution >= 0.6 is 23.4 Å². The summed E-state index contributed by atoms with van der Waals surface area (Å²) in [5, 5.41) is 8.12. The number of carbonyl (C=O) groups is 1. The molecule has 0 atom stereocenters. The van der Waals surface area contributed by atoms with Gasteiger partial charge in [0.05, 0.1) is 12.8 Å². The summed E-state index contributed by atoms with van der Waals surface area (Å²) in [6.07, 6.45) is 0. The molecule has 1 aromatic heterocycles. The molecule has 0 unspecified atom stereocenters. The minimum absolute atomic E-state index is 0.172. The van der Waals surface area contributed by atoms with Crippen molar-refractivity contribution in [3.8, 4) is 17.0 Å². The van der Waals surface area contributed by atoms with E-state index in [1.54, 1.807) is 23.6 Å². The third kappa shape index (κ3) is 3.42. The highest BCUT2D eigenvalue weighted by atomic mass is 35.5. The number of rotatable bonds is 4. The zero-order valence-electron chi connectivity index (χ0n) is 15.0. The number of fused-ring (bicyclic) bond motifs is 3. The molecule has 0 saturated carbocycles. The first-order valence-electron chi connectivity index (χ1n) is 8.46. The van der Waals surface area contributed by atoms with Crippen molar-refractivity contribution in [1.82, 2.24) is 15.1 Å². The summed E-state index contributed by atoms with van der Waals surface area (Å²) < 4.78 is 6.92. The molecular formula is C20H18ClN3O2S.